The van der Waals surface area contributed by atoms with Gasteiger partial charge in [-0.3, -0.25) is 9.80 Å². The zero-order valence-electron chi connectivity index (χ0n) is 12.7. The number of rotatable bonds is 7. The number of hydrogen-bond acceptors (Lipinski definition) is 4. The molecule has 0 amide bonds. The van der Waals surface area contributed by atoms with E-state index in [9.17, 15) is 0 Å². The summed E-state index contributed by atoms with van der Waals surface area (Å²) in [5.74, 6) is 0. The van der Waals surface area contributed by atoms with Crippen molar-refractivity contribution in [3.8, 4) is 0 Å². The van der Waals surface area contributed by atoms with Gasteiger partial charge >= 0.3 is 0 Å². The van der Waals surface area contributed by atoms with Gasteiger partial charge in [-0.25, -0.2) is 0 Å². The normalized spacial score (nSPS) is 27.8. The first-order valence-corrected chi connectivity index (χ1v) is 8.07. The standard InChI is InChI=1S/C15H31N3O/c1-3-6-16-7-4-14(2)18-8-5-15(13-18)17-9-11-19-12-10-17/h14-16H,3-13H2,1-2H3. The van der Waals surface area contributed by atoms with Crippen molar-refractivity contribution in [1.29, 1.82) is 0 Å². The highest BCUT2D eigenvalue weighted by Gasteiger charge is 2.30. The Kier molecular flexibility index (Phi) is 6.57. The molecule has 2 fully saturated rings. The van der Waals surface area contributed by atoms with Crippen molar-refractivity contribution in [3.05, 3.63) is 0 Å². The van der Waals surface area contributed by atoms with Crippen LogP contribution in [-0.4, -0.2) is 74.4 Å². The maximum Gasteiger partial charge on any atom is 0.0594 e. The summed E-state index contributed by atoms with van der Waals surface area (Å²) in [6.07, 6.45) is 3.85. The molecule has 4 heteroatoms. The Bertz CT molecular complexity index is 244. The van der Waals surface area contributed by atoms with E-state index in [1.807, 2.05) is 0 Å². The molecule has 0 aromatic carbocycles. The van der Waals surface area contributed by atoms with E-state index in [0.717, 1.165) is 51.5 Å². The third-order valence-electron chi connectivity index (χ3n) is 4.55. The molecular formula is C15H31N3O. The van der Waals surface area contributed by atoms with E-state index < -0.39 is 0 Å². The molecule has 2 unspecified atom stereocenters. The highest BCUT2D eigenvalue weighted by molar-refractivity contribution is 4.86. The Morgan fingerprint density at radius 3 is 2.74 bits per heavy atom. The van der Waals surface area contributed by atoms with Gasteiger partial charge in [0.2, 0.25) is 0 Å². The topological polar surface area (TPSA) is 27.7 Å². The van der Waals surface area contributed by atoms with Crippen molar-refractivity contribution in [2.75, 3.05) is 52.5 Å². The summed E-state index contributed by atoms with van der Waals surface area (Å²) in [6, 6.07) is 1.49. The van der Waals surface area contributed by atoms with Crippen LogP contribution in [0.3, 0.4) is 0 Å². The van der Waals surface area contributed by atoms with Crippen LogP contribution in [-0.2, 0) is 4.74 Å². The lowest BCUT2D eigenvalue weighted by Gasteiger charge is -2.33. The molecule has 0 saturated carbocycles. The summed E-state index contributed by atoms with van der Waals surface area (Å²) >= 11 is 0. The van der Waals surface area contributed by atoms with Gasteiger partial charge in [-0.1, -0.05) is 6.92 Å². The van der Waals surface area contributed by atoms with Gasteiger partial charge < -0.3 is 10.1 Å². The van der Waals surface area contributed by atoms with Crippen LogP contribution < -0.4 is 5.32 Å². The van der Waals surface area contributed by atoms with Crippen molar-refractivity contribution < 1.29 is 4.74 Å². The Morgan fingerprint density at radius 2 is 2.00 bits per heavy atom. The first-order chi connectivity index (χ1) is 9.31. The van der Waals surface area contributed by atoms with Crippen molar-refractivity contribution in [2.24, 2.45) is 0 Å². The maximum atomic E-state index is 5.45. The zero-order valence-corrected chi connectivity index (χ0v) is 12.7. The fraction of sp³-hybridized carbons (Fsp3) is 1.00. The number of likely N-dealkylation sites (tertiary alicyclic amines) is 1. The third-order valence-corrected chi connectivity index (χ3v) is 4.55. The van der Waals surface area contributed by atoms with E-state index in [-0.39, 0.29) is 0 Å². The van der Waals surface area contributed by atoms with Crippen LogP contribution in [0.2, 0.25) is 0 Å². The van der Waals surface area contributed by atoms with Crippen molar-refractivity contribution in [2.45, 2.75) is 45.2 Å². The van der Waals surface area contributed by atoms with E-state index >= 15 is 0 Å². The number of ether oxygens (including phenoxy) is 1. The van der Waals surface area contributed by atoms with Gasteiger partial charge in [0.15, 0.2) is 0 Å². The van der Waals surface area contributed by atoms with Crippen molar-refractivity contribution in [3.63, 3.8) is 0 Å². The van der Waals surface area contributed by atoms with E-state index in [4.69, 9.17) is 4.74 Å². The molecule has 2 atom stereocenters. The number of hydrogen-bond donors (Lipinski definition) is 1. The van der Waals surface area contributed by atoms with Gasteiger partial charge in [0.05, 0.1) is 13.2 Å². The molecule has 1 N–H and O–H groups in total. The van der Waals surface area contributed by atoms with Crippen molar-refractivity contribution in [1.82, 2.24) is 15.1 Å². The van der Waals surface area contributed by atoms with Crippen molar-refractivity contribution >= 4 is 0 Å². The highest BCUT2D eigenvalue weighted by Crippen LogP contribution is 2.19. The molecule has 19 heavy (non-hydrogen) atoms. The second-order valence-corrected chi connectivity index (χ2v) is 5.97. The Hall–Kier alpha value is -0.160. The molecule has 2 saturated heterocycles. The zero-order chi connectivity index (χ0) is 13.5. The first-order valence-electron chi connectivity index (χ1n) is 8.07. The maximum absolute atomic E-state index is 5.45. The van der Waals surface area contributed by atoms with Gasteiger partial charge in [0.25, 0.3) is 0 Å². The predicted molar refractivity (Wildman–Crippen MR) is 79.6 cm³/mol. The van der Waals surface area contributed by atoms with Gasteiger partial charge in [0.1, 0.15) is 0 Å². The van der Waals surface area contributed by atoms with Crippen LogP contribution >= 0.6 is 0 Å². The Balaban J connectivity index is 1.65. The van der Waals surface area contributed by atoms with Crippen LogP contribution in [0.25, 0.3) is 0 Å². The number of morpholine rings is 1. The van der Waals surface area contributed by atoms with Crippen LogP contribution in [0.1, 0.15) is 33.1 Å². The number of nitrogens with one attached hydrogen (secondary N) is 1. The number of nitrogens with zero attached hydrogens (tertiary/aromatic N) is 2. The molecule has 0 radical (unpaired) electrons. The SMILES string of the molecule is CCCNCCC(C)N1CCC(N2CCOCC2)C1. The smallest absolute Gasteiger partial charge is 0.0594 e. The molecule has 2 aliphatic heterocycles. The largest absolute Gasteiger partial charge is 0.379 e. The van der Waals surface area contributed by atoms with Crippen LogP contribution in [0.15, 0.2) is 0 Å². The van der Waals surface area contributed by atoms with E-state index in [1.54, 1.807) is 0 Å². The molecule has 2 aliphatic rings. The summed E-state index contributed by atoms with van der Waals surface area (Å²) in [4.78, 5) is 5.30. The van der Waals surface area contributed by atoms with Crippen LogP contribution in [0.5, 0.6) is 0 Å². The first kappa shape index (κ1) is 15.2. The van der Waals surface area contributed by atoms with Gasteiger partial charge in [-0.05, 0) is 39.3 Å². The fourth-order valence-corrected chi connectivity index (χ4v) is 3.20. The van der Waals surface area contributed by atoms with Gasteiger partial charge in [-0.2, -0.15) is 0 Å². The minimum absolute atomic E-state index is 0.718. The molecule has 2 heterocycles. The van der Waals surface area contributed by atoms with Crippen LogP contribution in [0, 0.1) is 0 Å². The second-order valence-electron chi connectivity index (χ2n) is 5.97. The Labute approximate surface area is 118 Å². The summed E-state index contributed by atoms with van der Waals surface area (Å²) < 4.78 is 5.45. The average molecular weight is 269 g/mol. The monoisotopic (exact) mass is 269 g/mol. The second kappa shape index (κ2) is 8.20. The highest BCUT2D eigenvalue weighted by atomic mass is 16.5. The van der Waals surface area contributed by atoms with E-state index in [0.29, 0.717) is 0 Å². The van der Waals surface area contributed by atoms with Gasteiger partial charge in [0, 0.05) is 38.3 Å². The summed E-state index contributed by atoms with van der Waals surface area (Å²) in [7, 11) is 0. The fourth-order valence-electron chi connectivity index (χ4n) is 3.20. The molecule has 0 aliphatic carbocycles. The summed E-state index contributed by atoms with van der Waals surface area (Å²) in [6.45, 7) is 13.6. The molecule has 112 valence electrons. The van der Waals surface area contributed by atoms with Crippen LogP contribution in [0.4, 0.5) is 0 Å². The lowest BCUT2D eigenvalue weighted by atomic mass is 10.2. The van der Waals surface area contributed by atoms with E-state index in [2.05, 4.69) is 29.0 Å². The molecule has 0 spiro atoms. The van der Waals surface area contributed by atoms with E-state index in [1.165, 1.54) is 32.4 Å². The quantitative estimate of drug-likeness (QED) is 0.702. The third kappa shape index (κ3) is 4.71. The molecular weight excluding hydrogens is 238 g/mol. The predicted octanol–water partition coefficient (Wildman–Crippen LogP) is 1.17. The molecule has 2 rings (SSSR count). The summed E-state index contributed by atoms with van der Waals surface area (Å²) in [5.41, 5.74) is 0. The summed E-state index contributed by atoms with van der Waals surface area (Å²) in [5, 5.41) is 3.51. The lowest BCUT2D eigenvalue weighted by molar-refractivity contribution is 0.0177. The average Bonchev–Trinajstić information content (AvgIpc) is 2.94. The van der Waals surface area contributed by atoms with Gasteiger partial charge in [-0.15, -0.1) is 0 Å². The minimum atomic E-state index is 0.718. The minimum Gasteiger partial charge on any atom is -0.379 e. The molecule has 0 bridgehead atoms. The lowest BCUT2D eigenvalue weighted by Crippen LogP contribution is -2.45. The molecule has 0 aromatic heterocycles. The Morgan fingerprint density at radius 1 is 1.21 bits per heavy atom. The molecule has 4 nitrogen and oxygen atoms in total. The molecule has 0 aromatic rings.